The number of hydrogen-bond acceptors (Lipinski definition) is 3. The van der Waals surface area contributed by atoms with Gasteiger partial charge in [-0.2, -0.15) is 0 Å². The minimum Gasteiger partial charge on any atom is -0.368 e. The molecule has 2 atom stereocenters. The highest BCUT2D eigenvalue weighted by Gasteiger charge is 2.35. The van der Waals surface area contributed by atoms with E-state index < -0.39 is 17.5 Å². The van der Waals surface area contributed by atoms with Gasteiger partial charge >= 0.3 is 0 Å². The molecule has 1 heterocycles. The summed E-state index contributed by atoms with van der Waals surface area (Å²) in [6.07, 6.45) is 2.92. The standard InChI is InChI=1S/C10H19N3O2/c1-7(8(11)14)13-9(15)10(2)5-3-4-6-12-10/h7,12H,3-6H2,1-2H3,(H2,11,14)(H,13,15)/t7-,10?/m0/s1. The normalized spacial score (nSPS) is 28.1. The molecule has 15 heavy (non-hydrogen) atoms. The molecule has 5 heteroatoms. The summed E-state index contributed by atoms with van der Waals surface area (Å²) in [4.78, 5) is 22.7. The summed E-state index contributed by atoms with van der Waals surface area (Å²) in [6.45, 7) is 4.29. The molecule has 2 amide bonds. The highest BCUT2D eigenvalue weighted by atomic mass is 16.2. The molecule has 1 saturated heterocycles. The van der Waals surface area contributed by atoms with Gasteiger partial charge in [-0.1, -0.05) is 0 Å². The molecule has 1 rings (SSSR count). The second kappa shape index (κ2) is 4.61. The Morgan fingerprint density at radius 2 is 2.13 bits per heavy atom. The minimum atomic E-state index is -0.613. The summed E-state index contributed by atoms with van der Waals surface area (Å²) in [5.41, 5.74) is 4.53. The lowest BCUT2D eigenvalue weighted by molar-refractivity contribution is -0.131. The molecule has 4 N–H and O–H groups in total. The Kier molecular flexibility index (Phi) is 3.68. The van der Waals surface area contributed by atoms with Gasteiger partial charge in [0, 0.05) is 0 Å². The molecule has 0 aliphatic carbocycles. The molecular weight excluding hydrogens is 194 g/mol. The van der Waals surface area contributed by atoms with Crippen molar-refractivity contribution in [1.29, 1.82) is 0 Å². The molecule has 0 spiro atoms. The summed E-state index contributed by atoms with van der Waals surface area (Å²) in [6, 6.07) is -0.613. The van der Waals surface area contributed by atoms with Crippen molar-refractivity contribution in [2.45, 2.75) is 44.7 Å². The Morgan fingerprint density at radius 1 is 1.47 bits per heavy atom. The Labute approximate surface area is 89.8 Å². The molecule has 86 valence electrons. The molecule has 0 saturated carbocycles. The summed E-state index contributed by atoms with van der Waals surface area (Å²) in [5.74, 6) is -0.656. The van der Waals surface area contributed by atoms with Crippen LogP contribution in [0.25, 0.3) is 0 Å². The van der Waals surface area contributed by atoms with Crippen molar-refractivity contribution < 1.29 is 9.59 Å². The molecule has 1 fully saturated rings. The van der Waals surface area contributed by atoms with Crippen LogP contribution >= 0.6 is 0 Å². The Morgan fingerprint density at radius 3 is 2.60 bits per heavy atom. The fourth-order valence-corrected chi connectivity index (χ4v) is 1.68. The number of amides is 2. The van der Waals surface area contributed by atoms with Crippen molar-refractivity contribution in [3.63, 3.8) is 0 Å². The molecule has 0 aromatic carbocycles. The van der Waals surface area contributed by atoms with Crippen molar-refractivity contribution in [2.75, 3.05) is 6.54 Å². The fraction of sp³-hybridized carbons (Fsp3) is 0.800. The third-order valence-corrected chi connectivity index (χ3v) is 2.89. The van der Waals surface area contributed by atoms with E-state index in [1.165, 1.54) is 0 Å². The highest BCUT2D eigenvalue weighted by Crippen LogP contribution is 2.18. The topological polar surface area (TPSA) is 84.2 Å². The van der Waals surface area contributed by atoms with Crippen LogP contribution in [0.2, 0.25) is 0 Å². The number of hydrogen-bond donors (Lipinski definition) is 3. The van der Waals surface area contributed by atoms with Crippen molar-refractivity contribution in [3.05, 3.63) is 0 Å². The van der Waals surface area contributed by atoms with Gasteiger partial charge in [-0.05, 0) is 39.7 Å². The third-order valence-electron chi connectivity index (χ3n) is 2.89. The molecule has 0 aromatic rings. The summed E-state index contributed by atoms with van der Waals surface area (Å²) in [7, 11) is 0. The van der Waals surface area contributed by atoms with Gasteiger partial charge in [0.25, 0.3) is 0 Å². The Hall–Kier alpha value is -1.10. The quantitative estimate of drug-likeness (QED) is 0.591. The molecule has 1 aliphatic rings. The van der Waals surface area contributed by atoms with Crippen molar-refractivity contribution in [2.24, 2.45) is 5.73 Å². The molecule has 0 radical (unpaired) electrons. The van der Waals surface area contributed by atoms with Crippen LogP contribution in [-0.4, -0.2) is 29.9 Å². The molecule has 0 aromatic heterocycles. The first-order chi connectivity index (χ1) is 6.96. The second-order valence-electron chi connectivity index (χ2n) is 4.31. The molecular formula is C10H19N3O2. The van der Waals surface area contributed by atoms with E-state index in [1.54, 1.807) is 6.92 Å². The van der Waals surface area contributed by atoms with Crippen LogP contribution < -0.4 is 16.4 Å². The SMILES string of the molecule is C[C@H](NC(=O)C1(C)CCCCN1)C(N)=O. The van der Waals surface area contributed by atoms with E-state index in [-0.39, 0.29) is 5.91 Å². The lowest BCUT2D eigenvalue weighted by Gasteiger charge is -2.34. The van der Waals surface area contributed by atoms with E-state index in [0.717, 1.165) is 25.8 Å². The first-order valence-corrected chi connectivity index (χ1v) is 5.31. The zero-order valence-electron chi connectivity index (χ0n) is 9.30. The lowest BCUT2D eigenvalue weighted by atomic mass is 9.90. The third kappa shape index (κ3) is 2.92. The van der Waals surface area contributed by atoms with Gasteiger partial charge in [0.15, 0.2) is 0 Å². The summed E-state index contributed by atoms with van der Waals surface area (Å²) < 4.78 is 0. The van der Waals surface area contributed by atoms with Crippen molar-refractivity contribution in [1.82, 2.24) is 10.6 Å². The van der Waals surface area contributed by atoms with E-state index in [4.69, 9.17) is 5.73 Å². The van der Waals surface area contributed by atoms with Crippen molar-refractivity contribution in [3.8, 4) is 0 Å². The predicted molar refractivity (Wildman–Crippen MR) is 57.1 cm³/mol. The molecule has 5 nitrogen and oxygen atoms in total. The lowest BCUT2D eigenvalue weighted by Crippen LogP contribution is -2.59. The monoisotopic (exact) mass is 213 g/mol. The van der Waals surface area contributed by atoms with Crippen LogP contribution in [0.3, 0.4) is 0 Å². The summed E-state index contributed by atoms with van der Waals surface area (Å²) >= 11 is 0. The number of carbonyl (C=O) groups excluding carboxylic acids is 2. The van der Waals surface area contributed by atoms with E-state index in [0.29, 0.717) is 0 Å². The maximum absolute atomic E-state index is 11.9. The zero-order valence-corrected chi connectivity index (χ0v) is 9.30. The van der Waals surface area contributed by atoms with Gasteiger partial charge in [0.2, 0.25) is 11.8 Å². The number of carbonyl (C=O) groups is 2. The van der Waals surface area contributed by atoms with E-state index in [9.17, 15) is 9.59 Å². The first-order valence-electron chi connectivity index (χ1n) is 5.31. The van der Waals surface area contributed by atoms with Gasteiger partial charge in [0.1, 0.15) is 6.04 Å². The van der Waals surface area contributed by atoms with E-state index >= 15 is 0 Å². The Balaban J connectivity index is 2.55. The van der Waals surface area contributed by atoms with Crippen molar-refractivity contribution >= 4 is 11.8 Å². The summed E-state index contributed by atoms with van der Waals surface area (Å²) in [5, 5.41) is 5.79. The molecule has 1 aliphatic heterocycles. The van der Waals surface area contributed by atoms with Gasteiger partial charge in [-0.3, -0.25) is 9.59 Å². The van der Waals surface area contributed by atoms with Gasteiger partial charge < -0.3 is 16.4 Å². The van der Waals surface area contributed by atoms with Gasteiger partial charge in [-0.15, -0.1) is 0 Å². The zero-order chi connectivity index (χ0) is 11.5. The van der Waals surface area contributed by atoms with Crippen LogP contribution in [0.4, 0.5) is 0 Å². The number of nitrogens with one attached hydrogen (secondary N) is 2. The van der Waals surface area contributed by atoms with Crippen LogP contribution in [-0.2, 0) is 9.59 Å². The number of rotatable bonds is 3. The first kappa shape index (κ1) is 12.0. The van der Waals surface area contributed by atoms with Crippen LogP contribution in [0.5, 0.6) is 0 Å². The number of piperidine rings is 1. The Bertz CT molecular complexity index is 259. The average Bonchev–Trinajstić information content (AvgIpc) is 2.18. The average molecular weight is 213 g/mol. The number of nitrogens with two attached hydrogens (primary N) is 1. The highest BCUT2D eigenvalue weighted by molar-refractivity contribution is 5.91. The van der Waals surface area contributed by atoms with Crippen LogP contribution in [0.15, 0.2) is 0 Å². The van der Waals surface area contributed by atoms with E-state index in [1.807, 2.05) is 6.92 Å². The largest absolute Gasteiger partial charge is 0.368 e. The molecule has 0 bridgehead atoms. The maximum Gasteiger partial charge on any atom is 0.240 e. The smallest absolute Gasteiger partial charge is 0.240 e. The second-order valence-corrected chi connectivity index (χ2v) is 4.31. The minimum absolute atomic E-state index is 0.145. The van der Waals surface area contributed by atoms with Crippen LogP contribution in [0.1, 0.15) is 33.1 Å². The van der Waals surface area contributed by atoms with Crippen LogP contribution in [0, 0.1) is 0 Å². The van der Waals surface area contributed by atoms with Gasteiger partial charge in [0.05, 0.1) is 5.54 Å². The fourth-order valence-electron chi connectivity index (χ4n) is 1.68. The number of primary amides is 1. The van der Waals surface area contributed by atoms with Gasteiger partial charge in [-0.25, -0.2) is 0 Å². The predicted octanol–water partition coefficient (Wildman–Crippen LogP) is -0.491. The molecule has 1 unspecified atom stereocenters. The maximum atomic E-state index is 11.9. The van der Waals surface area contributed by atoms with E-state index in [2.05, 4.69) is 10.6 Å².